The SMILES string of the molecule is CCOc1ccc(-c2c(C)sc(=NC(=O)c3ccc(C(C)(C)C)cc3)n2C)cc1. The second-order valence-corrected chi connectivity index (χ2v) is 9.23. The Kier molecular flexibility index (Phi) is 6.08. The summed E-state index contributed by atoms with van der Waals surface area (Å²) >= 11 is 1.52. The van der Waals surface area contributed by atoms with Crippen LogP contribution in [0.4, 0.5) is 0 Å². The topological polar surface area (TPSA) is 43.6 Å². The summed E-state index contributed by atoms with van der Waals surface area (Å²) in [5.74, 6) is 0.631. The number of rotatable bonds is 4. The molecule has 29 heavy (non-hydrogen) atoms. The van der Waals surface area contributed by atoms with Gasteiger partial charge < -0.3 is 9.30 Å². The molecular formula is C24H28N2O2S. The number of aromatic nitrogens is 1. The van der Waals surface area contributed by atoms with Crippen LogP contribution in [0.3, 0.4) is 0 Å². The van der Waals surface area contributed by atoms with E-state index in [2.05, 4.69) is 32.7 Å². The van der Waals surface area contributed by atoms with Crippen molar-refractivity contribution in [3.63, 3.8) is 0 Å². The van der Waals surface area contributed by atoms with Crippen molar-refractivity contribution in [2.24, 2.45) is 12.0 Å². The van der Waals surface area contributed by atoms with E-state index in [1.807, 2.05) is 67.1 Å². The van der Waals surface area contributed by atoms with Crippen LogP contribution in [0.1, 0.15) is 48.5 Å². The van der Waals surface area contributed by atoms with Gasteiger partial charge in [0, 0.05) is 17.5 Å². The lowest BCUT2D eigenvalue weighted by Crippen LogP contribution is -2.15. The highest BCUT2D eigenvalue weighted by Crippen LogP contribution is 2.27. The molecule has 3 rings (SSSR count). The number of benzene rings is 2. The fourth-order valence-corrected chi connectivity index (χ4v) is 4.20. The van der Waals surface area contributed by atoms with Crippen molar-refractivity contribution < 1.29 is 9.53 Å². The van der Waals surface area contributed by atoms with E-state index < -0.39 is 0 Å². The molecule has 1 heterocycles. The molecule has 0 aliphatic rings. The van der Waals surface area contributed by atoms with Crippen molar-refractivity contribution in [1.82, 2.24) is 4.57 Å². The van der Waals surface area contributed by atoms with Crippen LogP contribution in [-0.4, -0.2) is 17.1 Å². The van der Waals surface area contributed by atoms with Gasteiger partial charge in [-0.2, -0.15) is 4.99 Å². The molecule has 5 heteroatoms. The van der Waals surface area contributed by atoms with Gasteiger partial charge in [0.1, 0.15) is 5.75 Å². The number of ether oxygens (including phenoxy) is 1. The molecule has 0 bridgehead atoms. The Bertz CT molecular complexity index is 1070. The maximum Gasteiger partial charge on any atom is 0.279 e. The van der Waals surface area contributed by atoms with Gasteiger partial charge in [-0.25, -0.2) is 0 Å². The molecule has 0 aliphatic heterocycles. The van der Waals surface area contributed by atoms with Gasteiger partial charge in [-0.05, 0) is 66.8 Å². The van der Waals surface area contributed by atoms with E-state index in [0.717, 1.165) is 21.9 Å². The summed E-state index contributed by atoms with van der Waals surface area (Å²) in [6.07, 6.45) is 0. The van der Waals surface area contributed by atoms with Crippen molar-refractivity contribution in [3.05, 3.63) is 69.3 Å². The van der Waals surface area contributed by atoms with Gasteiger partial charge in [-0.3, -0.25) is 4.79 Å². The number of carbonyl (C=O) groups is 1. The molecule has 0 fully saturated rings. The second kappa shape index (κ2) is 8.37. The van der Waals surface area contributed by atoms with Crippen LogP contribution in [0.15, 0.2) is 53.5 Å². The highest BCUT2D eigenvalue weighted by atomic mass is 32.1. The molecule has 4 nitrogen and oxygen atoms in total. The zero-order valence-corrected chi connectivity index (χ0v) is 18.8. The third-order valence-electron chi connectivity index (χ3n) is 4.83. The molecule has 2 aromatic carbocycles. The predicted octanol–water partition coefficient (Wildman–Crippen LogP) is 5.50. The van der Waals surface area contributed by atoms with Crippen LogP contribution in [0.25, 0.3) is 11.3 Å². The highest BCUT2D eigenvalue weighted by Gasteiger charge is 2.15. The standard InChI is InChI=1S/C24H28N2O2S/c1-7-28-20-14-10-17(11-15-20)21-16(2)29-23(26(21)6)25-22(27)18-8-12-19(13-9-18)24(3,4)5/h8-15H,7H2,1-6H3. The monoisotopic (exact) mass is 408 g/mol. The van der Waals surface area contributed by atoms with E-state index in [9.17, 15) is 4.79 Å². The number of aryl methyl sites for hydroxylation is 1. The summed E-state index contributed by atoms with van der Waals surface area (Å²) in [5.41, 5.74) is 4.00. The Morgan fingerprint density at radius 1 is 1.07 bits per heavy atom. The van der Waals surface area contributed by atoms with Gasteiger partial charge in [0.05, 0.1) is 12.3 Å². The maximum absolute atomic E-state index is 12.7. The van der Waals surface area contributed by atoms with Crippen molar-refractivity contribution >= 4 is 17.2 Å². The number of hydrogen-bond donors (Lipinski definition) is 0. The lowest BCUT2D eigenvalue weighted by Gasteiger charge is -2.18. The zero-order valence-electron chi connectivity index (χ0n) is 17.9. The molecule has 0 atom stereocenters. The summed E-state index contributed by atoms with van der Waals surface area (Å²) in [7, 11) is 1.95. The molecule has 0 saturated carbocycles. The maximum atomic E-state index is 12.7. The van der Waals surface area contributed by atoms with Gasteiger partial charge >= 0.3 is 0 Å². The lowest BCUT2D eigenvalue weighted by atomic mass is 9.87. The third-order valence-corrected chi connectivity index (χ3v) is 5.88. The molecule has 1 amide bonds. The molecule has 0 unspecified atom stereocenters. The van der Waals surface area contributed by atoms with E-state index in [1.165, 1.54) is 16.9 Å². The number of carbonyl (C=O) groups excluding carboxylic acids is 1. The zero-order chi connectivity index (χ0) is 21.2. The van der Waals surface area contributed by atoms with E-state index >= 15 is 0 Å². The Morgan fingerprint density at radius 2 is 1.69 bits per heavy atom. The first-order valence-electron chi connectivity index (χ1n) is 9.80. The minimum atomic E-state index is -0.222. The van der Waals surface area contributed by atoms with E-state index in [-0.39, 0.29) is 11.3 Å². The minimum Gasteiger partial charge on any atom is -0.494 e. The molecule has 0 spiro atoms. The number of thiazole rings is 1. The first kappa shape index (κ1) is 21.1. The predicted molar refractivity (Wildman–Crippen MR) is 120 cm³/mol. The van der Waals surface area contributed by atoms with Crippen LogP contribution in [0, 0.1) is 6.92 Å². The van der Waals surface area contributed by atoms with E-state index in [0.29, 0.717) is 17.0 Å². The number of hydrogen-bond acceptors (Lipinski definition) is 3. The lowest BCUT2D eigenvalue weighted by molar-refractivity contribution is 0.0998. The molecular weight excluding hydrogens is 380 g/mol. The van der Waals surface area contributed by atoms with Crippen LogP contribution < -0.4 is 9.54 Å². The molecule has 0 radical (unpaired) electrons. The molecule has 1 aromatic heterocycles. The van der Waals surface area contributed by atoms with Gasteiger partial charge in [0.15, 0.2) is 4.80 Å². The Morgan fingerprint density at radius 3 is 2.24 bits per heavy atom. The molecule has 0 N–H and O–H groups in total. The van der Waals surface area contributed by atoms with Gasteiger partial charge in [0.2, 0.25) is 0 Å². The van der Waals surface area contributed by atoms with Crippen molar-refractivity contribution in [2.75, 3.05) is 6.61 Å². The normalized spacial score (nSPS) is 12.3. The number of amides is 1. The average molecular weight is 409 g/mol. The Hall–Kier alpha value is -2.66. The van der Waals surface area contributed by atoms with Crippen molar-refractivity contribution in [2.45, 2.75) is 40.0 Å². The average Bonchev–Trinajstić information content (AvgIpc) is 2.95. The Labute approximate surface area is 176 Å². The summed E-state index contributed by atoms with van der Waals surface area (Å²) in [6, 6.07) is 15.7. The minimum absolute atomic E-state index is 0.0582. The smallest absolute Gasteiger partial charge is 0.279 e. The van der Waals surface area contributed by atoms with Crippen LogP contribution >= 0.6 is 11.3 Å². The summed E-state index contributed by atoms with van der Waals surface area (Å²) < 4.78 is 7.51. The van der Waals surface area contributed by atoms with E-state index in [4.69, 9.17) is 4.74 Å². The van der Waals surface area contributed by atoms with Gasteiger partial charge in [0.25, 0.3) is 5.91 Å². The van der Waals surface area contributed by atoms with Crippen molar-refractivity contribution in [3.8, 4) is 17.0 Å². The van der Waals surface area contributed by atoms with E-state index in [1.54, 1.807) is 0 Å². The molecule has 0 saturated heterocycles. The first-order chi connectivity index (χ1) is 13.7. The summed E-state index contributed by atoms with van der Waals surface area (Å²) in [5, 5.41) is 0. The molecule has 0 aliphatic carbocycles. The summed E-state index contributed by atoms with van der Waals surface area (Å²) in [4.78, 5) is 18.9. The van der Waals surface area contributed by atoms with Gasteiger partial charge in [-0.15, -0.1) is 11.3 Å². The van der Waals surface area contributed by atoms with Gasteiger partial charge in [-0.1, -0.05) is 32.9 Å². The fourth-order valence-electron chi connectivity index (χ4n) is 3.22. The Balaban J connectivity index is 1.92. The third kappa shape index (κ3) is 4.67. The highest BCUT2D eigenvalue weighted by molar-refractivity contribution is 7.09. The fraction of sp³-hybridized carbons (Fsp3) is 0.333. The second-order valence-electron chi connectivity index (χ2n) is 8.05. The molecule has 3 aromatic rings. The largest absolute Gasteiger partial charge is 0.494 e. The first-order valence-corrected chi connectivity index (χ1v) is 10.6. The summed E-state index contributed by atoms with van der Waals surface area (Å²) in [6.45, 7) is 11.1. The van der Waals surface area contributed by atoms with Crippen molar-refractivity contribution in [1.29, 1.82) is 0 Å². The van der Waals surface area contributed by atoms with Crippen LogP contribution in [-0.2, 0) is 12.5 Å². The number of nitrogens with zero attached hydrogens (tertiary/aromatic N) is 2. The van der Waals surface area contributed by atoms with Crippen LogP contribution in [0.2, 0.25) is 0 Å². The quantitative estimate of drug-likeness (QED) is 0.572. The van der Waals surface area contributed by atoms with Crippen LogP contribution in [0.5, 0.6) is 5.75 Å². The molecule has 152 valence electrons.